The van der Waals surface area contributed by atoms with Gasteiger partial charge in [0.1, 0.15) is 10.4 Å². The average molecular weight is 212 g/mol. The van der Waals surface area contributed by atoms with Gasteiger partial charge in [-0.1, -0.05) is 0 Å². The smallest absolute Gasteiger partial charge is 0.296 e. The van der Waals surface area contributed by atoms with E-state index in [1.54, 1.807) is 13.0 Å². The molecule has 0 aliphatic heterocycles. The van der Waals surface area contributed by atoms with E-state index in [-0.39, 0.29) is 10.4 Å². The Hall–Kier alpha value is -1.40. The molecular formula is C8H8N2O3S. The molecule has 1 aromatic carbocycles. The van der Waals surface area contributed by atoms with E-state index in [0.717, 1.165) is 5.56 Å². The molecule has 0 amide bonds. The van der Waals surface area contributed by atoms with Gasteiger partial charge in [0.05, 0.1) is 11.8 Å². The number of rotatable bonds is 1. The fourth-order valence-electron chi connectivity index (χ4n) is 1.35. The molecule has 0 spiro atoms. The summed E-state index contributed by atoms with van der Waals surface area (Å²) in [6, 6.07) is 3.15. The van der Waals surface area contributed by atoms with Gasteiger partial charge in [0, 0.05) is 0 Å². The van der Waals surface area contributed by atoms with Gasteiger partial charge >= 0.3 is 0 Å². The van der Waals surface area contributed by atoms with Crippen molar-refractivity contribution in [2.75, 3.05) is 0 Å². The number of fused-ring (bicyclic) bond motifs is 1. The quantitative estimate of drug-likeness (QED) is 0.694. The minimum absolute atomic E-state index is 0.159. The Morgan fingerprint density at radius 2 is 2.14 bits per heavy atom. The maximum atomic E-state index is 11.0. The van der Waals surface area contributed by atoms with Crippen molar-refractivity contribution in [1.82, 2.24) is 9.97 Å². The third-order valence-electron chi connectivity index (χ3n) is 1.91. The predicted molar refractivity (Wildman–Crippen MR) is 50.6 cm³/mol. The van der Waals surface area contributed by atoms with Crippen molar-refractivity contribution < 1.29 is 13.0 Å². The second-order valence-corrected chi connectivity index (χ2v) is 4.43. The van der Waals surface area contributed by atoms with Gasteiger partial charge in [-0.15, -0.1) is 0 Å². The van der Waals surface area contributed by atoms with Crippen LogP contribution in [0.2, 0.25) is 0 Å². The average Bonchev–Trinajstić information content (AvgIpc) is 2.47. The standard InChI is InChI=1S/C8H8N2O3S/c1-5-2-6-8(10-4-9-6)7(3-5)14(11,12)13/h2-4H,1H3,(H,9,10)(H,11,12,13). The number of benzene rings is 1. The number of imidazole rings is 1. The molecule has 1 heterocycles. The van der Waals surface area contributed by atoms with Crippen molar-refractivity contribution in [2.24, 2.45) is 0 Å². The van der Waals surface area contributed by atoms with E-state index < -0.39 is 10.1 Å². The molecule has 74 valence electrons. The van der Waals surface area contributed by atoms with Gasteiger partial charge in [-0.2, -0.15) is 8.42 Å². The summed E-state index contributed by atoms with van der Waals surface area (Å²) < 4.78 is 30.9. The summed E-state index contributed by atoms with van der Waals surface area (Å²) in [4.78, 5) is 6.46. The van der Waals surface area contributed by atoms with Crippen LogP contribution in [0, 0.1) is 6.92 Å². The van der Waals surface area contributed by atoms with Crippen LogP contribution in [0.5, 0.6) is 0 Å². The van der Waals surface area contributed by atoms with Crippen molar-refractivity contribution in [3.63, 3.8) is 0 Å². The molecule has 2 aromatic rings. The lowest BCUT2D eigenvalue weighted by atomic mass is 10.2. The van der Waals surface area contributed by atoms with Crippen LogP contribution >= 0.6 is 0 Å². The Kier molecular flexibility index (Phi) is 1.83. The Bertz CT molecular complexity index is 586. The van der Waals surface area contributed by atoms with Crippen LogP contribution in [-0.2, 0) is 10.1 Å². The van der Waals surface area contributed by atoms with Crippen molar-refractivity contribution in [3.05, 3.63) is 24.0 Å². The lowest BCUT2D eigenvalue weighted by Gasteiger charge is -1.99. The molecular weight excluding hydrogens is 204 g/mol. The number of nitrogens with one attached hydrogen (secondary N) is 1. The van der Waals surface area contributed by atoms with Crippen molar-refractivity contribution in [2.45, 2.75) is 11.8 Å². The first-order valence-corrected chi connectivity index (χ1v) is 5.34. The van der Waals surface area contributed by atoms with E-state index in [1.807, 2.05) is 0 Å². The zero-order valence-electron chi connectivity index (χ0n) is 7.35. The van der Waals surface area contributed by atoms with Crippen molar-refractivity contribution >= 4 is 21.2 Å². The van der Waals surface area contributed by atoms with Crippen LogP contribution in [0.4, 0.5) is 0 Å². The highest BCUT2D eigenvalue weighted by atomic mass is 32.2. The Morgan fingerprint density at radius 1 is 1.43 bits per heavy atom. The second-order valence-electron chi connectivity index (χ2n) is 3.04. The van der Waals surface area contributed by atoms with Crippen LogP contribution < -0.4 is 0 Å². The number of nitrogens with zero attached hydrogens (tertiary/aromatic N) is 1. The minimum atomic E-state index is -4.20. The highest BCUT2D eigenvalue weighted by Crippen LogP contribution is 2.21. The number of hydrogen-bond acceptors (Lipinski definition) is 3. The number of hydrogen-bond donors (Lipinski definition) is 2. The summed E-state index contributed by atoms with van der Waals surface area (Å²) in [5, 5.41) is 0. The monoisotopic (exact) mass is 212 g/mol. The highest BCUT2D eigenvalue weighted by Gasteiger charge is 2.16. The van der Waals surface area contributed by atoms with Crippen molar-refractivity contribution in [3.8, 4) is 0 Å². The fraction of sp³-hybridized carbons (Fsp3) is 0.125. The lowest BCUT2D eigenvalue weighted by Crippen LogP contribution is -1.99. The van der Waals surface area contributed by atoms with Crippen LogP contribution in [0.15, 0.2) is 23.4 Å². The Balaban J connectivity index is 2.94. The molecule has 2 rings (SSSR count). The van der Waals surface area contributed by atoms with E-state index in [2.05, 4.69) is 9.97 Å². The normalized spacial score (nSPS) is 12.1. The van der Waals surface area contributed by atoms with E-state index in [4.69, 9.17) is 4.55 Å². The summed E-state index contributed by atoms with van der Waals surface area (Å²) in [6.45, 7) is 1.74. The molecule has 0 atom stereocenters. The summed E-state index contributed by atoms with van der Waals surface area (Å²) in [7, 11) is -4.20. The van der Waals surface area contributed by atoms with Gasteiger partial charge in [-0.25, -0.2) is 4.98 Å². The fourth-order valence-corrected chi connectivity index (χ4v) is 2.09. The van der Waals surface area contributed by atoms with Gasteiger partial charge in [-0.05, 0) is 24.6 Å². The summed E-state index contributed by atoms with van der Waals surface area (Å²) in [5.41, 5.74) is 1.60. The predicted octanol–water partition coefficient (Wildman–Crippen LogP) is 1.12. The van der Waals surface area contributed by atoms with Gasteiger partial charge in [-0.3, -0.25) is 4.55 Å². The van der Waals surface area contributed by atoms with Gasteiger partial charge in [0.15, 0.2) is 0 Å². The molecule has 0 aliphatic carbocycles. The molecule has 6 heteroatoms. The molecule has 0 bridgehead atoms. The second kappa shape index (κ2) is 2.79. The molecule has 0 saturated carbocycles. The van der Waals surface area contributed by atoms with Crippen LogP contribution in [0.1, 0.15) is 5.56 Å². The topological polar surface area (TPSA) is 83.1 Å². The lowest BCUT2D eigenvalue weighted by molar-refractivity contribution is 0.484. The molecule has 5 nitrogen and oxygen atoms in total. The molecule has 14 heavy (non-hydrogen) atoms. The zero-order chi connectivity index (χ0) is 10.3. The van der Waals surface area contributed by atoms with Crippen LogP contribution in [0.25, 0.3) is 11.0 Å². The van der Waals surface area contributed by atoms with Crippen LogP contribution in [0.3, 0.4) is 0 Å². The third-order valence-corrected chi connectivity index (χ3v) is 2.78. The number of aryl methyl sites for hydroxylation is 1. The Morgan fingerprint density at radius 3 is 2.79 bits per heavy atom. The molecule has 0 fully saturated rings. The van der Waals surface area contributed by atoms with Crippen molar-refractivity contribution in [1.29, 1.82) is 0 Å². The first-order chi connectivity index (χ1) is 6.48. The van der Waals surface area contributed by atoms with E-state index in [1.165, 1.54) is 12.4 Å². The third kappa shape index (κ3) is 1.38. The first kappa shape index (κ1) is 9.17. The van der Waals surface area contributed by atoms with Gasteiger partial charge < -0.3 is 4.98 Å². The Labute approximate surface area is 80.5 Å². The van der Waals surface area contributed by atoms with Gasteiger partial charge in [0.2, 0.25) is 0 Å². The maximum Gasteiger partial charge on any atom is 0.296 e. The molecule has 0 unspecified atom stereocenters. The first-order valence-electron chi connectivity index (χ1n) is 3.90. The van der Waals surface area contributed by atoms with E-state index >= 15 is 0 Å². The number of H-pyrrole nitrogens is 1. The molecule has 0 saturated heterocycles. The molecule has 0 radical (unpaired) electrons. The summed E-state index contributed by atoms with van der Waals surface area (Å²) in [5.74, 6) is 0. The highest BCUT2D eigenvalue weighted by molar-refractivity contribution is 7.86. The maximum absolute atomic E-state index is 11.0. The molecule has 1 aromatic heterocycles. The number of aromatic amines is 1. The summed E-state index contributed by atoms with van der Waals surface area (Å²) >= 11 is 0. The van der Waals surface area contributed by atoms with Crippen LogP contribution in [-0.4, -0.2) is 22.9 Å². The van der Waals surface area contributed by atoms with Gasteiger partial charge in [0.25, 0.3) is 10.1 Å². The largest absolute Gasteiger partial charge is 0.345 e. The van der Waals surface area contributed by atoms with E-state index in [0.29, 0.717) is 5.52 Å². The SMILES string of the molecule is Cc1cc(S(=O)(=O)O)c2nc[nH]c2c1. The molecule has 0 aliphatic rings. The van der Waals surface area contributed by atoms with E-state index in [9.17, 15) is 8.42 Å². The molecule has 2 N–H and O–H groups in total. The zero-order valence-corrected chi connectivity index (χ0v) is 8.17. The minimum Gasteiger partial charge on any atom is -0.345 e. The summed E-state index contributed by atoms with van der Waals surface area (Å²) in [6.07, 6.45) is 1.39. The number of aromatic nitrogens is 2.